The van der Waals surface area contributed by atoms with Gasteiger partial charge in [0.1, 0.15) is 0 Å². The van der Waals surface area contributed by atoms with Crippen LogP contribution < -0.4 is 16.0 Å². The summed E-state index contributed by atoms with van der Waals surface area (Å²) in [5.74, 6) is -0.802. The number of rotatable bonds is 9. The van der Waals surface area contributed by atoms with Crippen molar-refractivity contribution in [1.29, 1.82) is 0 Å². The van der Waals surface area contributed by atoms with Crippen LogP contribution in [0.5, 0.6) is 0 Å². The fraction of sp³-hybridized carbons (Fsp3) is 0.179. The lowest BCUT2D eigenvalue weighted by atomic mass is 9.84. The fourth-order valence-corrected chi connectivity index (χ4v) is 4.51. The Hall–Kier alpha value is -4.57. The third kappa shape index (κ3) is 6.80. The molecule has 0 atom stereocenters. The Bertz CT molecular complexity index is 1450. The van der Waals surface area contributed by atoms with E-state index in [-0.39, 0.29) is 13.1 Å². The lowest BCUT2D eigenvalue weighted by Gasteiger charge is -2.25. The van der Waals surface area contributed by atoms with Crippen molar-refractivity contribution in [3.05, 3.63) is 89.6 Å². The van der Waals surface area contributed by atoms with E-state index in [9.17, 15) is 14.4 Å². The number of nitrogens with one attached hydrogen (secondary N) is 3. The minimum Gasteiger partial charge on any atom is -0.465 e. The van der Waals surface area contributed by atoms with Crippen LogP contribution in [-0.2, 0) is 10.2 Å². The zero-order valence-corrected chi connectivity index (χ0v) is 21.7. The largest absolute Gasteiger partial charge is 0.465 e. The number of pyridine rings is 1. The minimum atomic E-state index is -1.11. The molecule has 0 saturated heterocycles. The summed E-state index contributed by atoms with van der Waals surface area (Å²) in [7, 11) is 0. The van der Waals surface area contributed by atoms with Crippen molar-refractivity contribution in [2.45, 2.75) is 19.3 Å². The van der Waals surface area contributed by atoms with E-state index in [0.717, 1.165) is 27.9 Å². The molecule has 0 radical (unpaired) electrons. The number of benzene rings is 2. The van der Waals surface area contributed by atoms with Crippen LogP contribution in [0.15, 0.2) is 78.4 Å². The molecule has 0 spiro atoms. The van der Waals surface area contributed by atoms with E-state index in [4.69, 9.17) is 5.11 Å². The first-order valence-corrected chi connectivity index (χ1v) is 12.7. The van der Waals surface area contributed by atoms with E-state index in [2.05, 4.69) is 25.9 Å². The van der Waals surface area contributed by atoms with Gasteiger partial charge in [-0.25, -0.2) is 9.78 Å². The van der Waals surface area contributed by atoms with Crippen LogP contribution in [0.1, 0.15) is 29.8 Å². The summed E-state index contributed by atoms with van der Waals surface area (Å²) in [5, 5.41) is 18.9. The van der Waals surface area contributed by atoms with Gasteiger partial charge in [-0.2, -0.15) is 0 Å². The molecule has 194 valence electrons. The van der Waals surface area contributed by atoms with Gasteiger partial charge in [0.05, 0.1) is 12.2 Å². The number of amides is 3. The molecule has 9 nitrogen and oxygen atoms in total. The average molecular weight is 530 g/mol. The standard InChI is InChI=1S/C28H27N5O4S/c1-28(2,17-31-27(36)37)22-8-4-7-21(14-22)25(35)30-15-24(34)33-26-32-23(16-38-26)20-6-3-5-19(13-20)18-9-11-29-12-10-18/h3-14,16,31H,15,17H2,1-2H3,(H,30,35)(H,36,37)(H,32,33,34). The highest BCUT2D eigenvalue weighted by atomic mass is 32.1. The number of carbonyl (C=O) groups is 3. The van der Waals surface area contributed by atoms with Crippen molar-refractivity contribution in [3.8, 4) is 22.4 Å². The quantitative estimate of drug-likeness (QED) is 0.246. The molecule has 38 heavy (non-hydrogen) atoms. The molecular formula is C28H27N5O4S. The number of thiazole rings is 1. The Morgan fingerprint density at radius 1 is 0.921 bits per heavy atom. The number of aromatic nitrogens is 2. The summed E-state index contributed by atoms with van der Waals surface area (Å²) >= 11 is 1.30. The summed E-state index contributed by atoms with van der Waals surface area (Å²) in [6.45, 7) is 3.73. The first kappa shape index (κ1) is 26.5. The smallest absolute Gasteiger partial charge is 0.404 e. The molecule has 4 rings (SSSR count). The van der Waals surface area contributed by atoms with Crippen LogP contribution in [0.4, 0.5) is 9.93 Å². The molecule has 0 aliphatic rings. The molecule has 10 heteroatoms. The number of hydrogen-bond donors (Lipinski definition) is 4. The lowest BCUT2D eigenvalue weighted by molar-refractivity contribution is -0.115. The lowest BCUT2D eigenvalue weighted by Crippen LogP contribution is -2.36. The third-order valence-electron chi connectivity index (χ3n) is 5.92. The van der Waals surface area contributed by atoms with E-state index in [1.54, 1.807) is 30.6 Å². The fourth-order valence-electron chi connectivity index (χ4n) is 3.77. The Labute approximate surface area is 224 Å². The molecule has 4 aromatic rings. The minimum absolute atomic E-state index is 0.194. The molecule has 3 amide bonds. The van der Waals surface area contributed by atoms with Gasteiger partial charge < -0.3 is 21.1 Å². The molecule has 0 saturated carbocycles. The normalized spacial score (nSPS) is 11.0. The Kier molecular flexibility index (Phi) is 8.12. The molecule has 2 aromatic heterocycles. The molecule has 4 N–H and O–H groups in total. The zero-order chi connectivity index (χ0) is 27.1. The van der Waals surface area contributed by atoms with Crippen molar-refractivity contribution < 1.29 is 19.5 Å². The average Bonchev–Trinajstić information content (AvgIpc) is 3.40. The van der Waals surface area contributed by atoms with E-state index in [0.29, 0.717) is 10.7 Å². The maximum Gasteiger partial charge on any atom is 0.404 e. The number of nitrogens with zero attached hydrogens (tertiary/aromatic N) is 2. The van der Waals surface area contributed by atoms with Crippen molar-refractivity contribution in [2.75, 3.05) is 18.4 Å². The molecule has 0 aliphatic carbocycles. The van der Waals surface area contributed by atoms with E-state index in [1.165, 1.54) is 11.3 Å². The molecule has 0 bridgehead atoms. The molecule has 0 aliphatic heterocycles. The predicted octanol–water partition coefficient (Wildman–Crippen LogP) is 4.79. The van der Waals surface area contributed by atoms with Gasteiger partial charge in [0.25, 0.3) is 5.91 Å². The van der Waals surface area contributed by atoms with Gasteiger partial charge >= 0.3 is 6.09 Å². The van der Waals surface area contributed by atoms with Gasteiger partial charge in [0, 0.05) is 40.9 Å². The number of anilines is 1. The van der Waals surface area contributed by atoms with Crippen LogP contribution in [0, 0.1) is 0 Å². The summed E-state index contributed by atoms with van der Waals surface area (Å²) in [4.78, 5) is 44.6. The first-order valence-electron chi connectivity index (χ1n) is 11.8. The SMILES string of the molecule is CC(C)(CNC(=O)O)c1cccc(C(=O)NCC(=O)Nc2nc(-c3cccc(-c4ccncc4)c3)cs2)c1. The van der Waals surface area contributed by atoms with Crippen LogP contribution in [-0.4, -0.2) is 46.1 Å². The van der Waals surface area contributed by atoms with Gasteiger partial charge in [0.2, 0.25) is 5.91 Å². The van der Waals surface area contributed by atoms with Crippen molar-refractivity contribution >= 4 is 34.4 Å². The topological polar surface area (TPSA) is 133 Å². The number of carbonyl (C=O) groups excluding carboxylic acids is 2. The maximum absolute atomic E-state index is 12.7. The van der Waals surface area contributed by atoms with Gasteiger partial charge in [-0.15, -0.1) is 11.3 Å². The summed E-state index contributed by atoms with van der Waals surface area (Å²) < 4.78 is 0. The molecular weight excluding hydrogens is 502 g/mol. The third-order valence-corrected chi connectivity index (χ3v) is 6.68. The predicted molar refractivity (Wildman–Crippen MR) is 147 cm³/mol. The summed E-state index contributed by atoms with van der Waals surface area (Å²) in [6, 6.07) is 18.7. The highest BCUT2D eigenvalue weighted by molar-refractivity contribution is 7.14. The van der Waals surface area contributed by atoms with Crippen molar-refractivity contribution in [2.24, 2.45) is 0 Å². The van der Waals surface area contributed by atoms with Gasteiger partial charge in [-0.1, -0.05) is 44.2 Å². The Morgan fingerprint density at radius 3 is 2.42 bits per heavy atom. The monoisotopic (exact) mass is 529 g/mol. The van der Waals surface area contributed by atoms with E-state index >= 15 is 0 Å². The molecule has 0 unspecified atom stereocenters. The number of hydrogen-bond acceptors (Lipinski definition) is 6. The first-order chi connectivity index (χ1) is 18.2. The van der Waals surface area contributed by atoms with E-state index in [1.807, 2.05) is 61.7 Å². The number of carboxylic acid groups (broad SMARTS) is 1. The van der Waals surface area contributed by atoms with Crippen LogP contribution in [0.3, 0.4) is 0 Å². The summed E-state index contributed by atoms with van der Waals surface area (Å²) in [5.41, 5.74) is 4.40. The van der Waals surface area contributed by atoms with Crippen molar-refractivity contribution in [1.82, 2.24) is 20.6 Å². The Morgan fingerprint density at radius 2 is 1.66 bits per heavy atom. The molecule has 2 aromatic carbocycles. The van der Waals surface area contributed by atoms with E-state index < -0.39 is 23.3 Å². The second-order valence-electron chi connectivity index (χ2n) is 9.21. The highest BCUT2D eigenvalue weighted by Crippen LogP contribution is 2.29. The van der Waals surface area contributed by atoms with Gasteiger partial charge in [-0.3, -0.25) is 14.6 Å². The second-order valence-corrected chi connectivity index (χ2v) is 10.1. The van der Waals surface area contributed by atoms with Crippen LogP contribution in [0.25, 0.3) is 22.4 Å². The molecule has 0 fully saturated rings. The highest BCUT2D eigenvalue weighted by Gasteiger charge is 2.22. The van der Waals surface area contributed by atoms with Crippen molar-refractivity contribution in [3.63, 3.8) is 0 Å². The van der Waals surface area contributed by atoms with Gasteiger partial charge in [0.15, 0.2) is 5.13 Å². The maximum atomic E-state index is 12.7. The second kappa shape index (κ2) is 11.7. The Balaban J connectivity index is 1.34. The van der Waals surface area contributed by atoms with Crippen LogP contribution in [0.2, 0.25) is 0 Å². The van der Waals surface area contributed by atoms with Crippen LogP contribution >= 0.6 is 11.3 Å². The summed E-state index contributed by atoms with van der Waals surface area (Å²) in [6.07, 6.45) is 2.38. The van der Waals surface area contributed by atoms with Gasteiger partial charge in [-0.05, 0) is 47.0 Å². The zero-order valence-electron chi connectivity index (χ0n) is 20.9. The molecule has 2 heterocycles.